The van der Waals surface area contributed by atoms with Crippen molar-refractivity contribution in [1.82, 2.24) is 9.88 Å². The Bertz CT molecular complexity index is 1520. The quantitative estimate of drug-likeness (QED) is 0.341. The van der Waals surface area contributed by atoms with Gasteiger partial charge in [0.15, 0.2) is 5.75 Å². The van der Waals surface area contributed by atoms with E-state index in [9.17, 15) is 19.1 Å². The van der Waals surface area contributed by atoms with E-state index in [0.717, 1.165) is 11.3 Å². The Kier molecular flexibility index (Phi) is 6.77. The predicted octanol–water partition coefficient (Wildman–Crippen LogP) is 5.89. The third-order valence-electron chi connectivity index (χ3n) is 5.98. The van der Waals surface area contributed by atoms with Crippen LogP contribution in [-0.4, -0.2) is 22.1 Å². The van der Waals surface area contributed by atoms with Crippen molar-refractivity contribution in [3.63, 3.8) is 0 Å². The fraction of sp³-hybridized carbons (Fsp3) is 0.286. The van der Waals surface area contributed by atoms with E-state index in [1.807, 2.05) is 11.5 Å². The number of benzene rings is 2. The summed E-state index contributed by atoms with van der Waals surface area (Å²) in [5.41, 5.74) is 2.27. The number of halogens is 1. The number of aromatic nitrogens is 1. The molecule has 2 aromatic carbocycles. The van der Waals surface area contributed by atoms with Gasteiger partial charge in [0.1, 0.15) is 11.6 Å². The van der Waals surface area contributed by atoms with Gasteiger partial charge in [-0.25, -0.2) is 4.39 Å². The van der Waals surface area contributed by atoms with Crippen LogP contribution < -0.4 is 15.5 Å². The lowest BCUT2D eigenvalue weighted by Crippen LogP contribution is -2.21. The lowest BCUT2D eigenvalue weighted by Gasteiger charge is -2.22. The lowest BCUT2D eigenvalue weighted by molar-refractivity contribution is 0.0785. The van der Waals surface area contributed by atoms with Gasteiger partial charge < -0.3 is 19.7 Å². The molecule has 6 nitrogen and oxygen atoms in total. The summed E-state index contributed by atoms with van der Waals surface area (Å²) in [5, 5.41) is 13.5. The number of rotatable bonds is 6. The third-order valence-corrected chi connectivity index (χ3v) is 7.10. The van der Waals surface area contributed by atoms with E-state index in [0.29, 0.717) is 61.1 Å². The second-order valence-corrected chi connectivity index (χ2v) is 10.5. The molecule has 188 valence electrons. The molecule has 8 heteroatoms. The minimum atomic E-state index is -1.14. The average Bonchev–Trinajstić information content (AvgIpc) is 3.24. The number of aliphatic hydroxyl groups is 1. The summed E-state index contributed by atoms with van der Waals surface area (Å²) < 4.78 is 22.5. The summed E-state index contributed by atoms with van der Waals surface area (Å²) in [6, 6.07) is 9.84. The molecule has 0 aliphatic rings. The van der Waals surface area contributed by atoms with E-state index in [4.69, 9.17) is 4.74 Å². The molecular weight excluding hydrogens is 479 g/mol. The molecule has 4 aromatic rings. The maximum absolute atomic E-state index is 13.9. The number of carbonyl (C=O) groups excluding carboxylic acids is 1. The van der Waals surface area contributed by atoms with E-state index in [2.05, 4.69) is 5.32 Å². The van der Waals surface area contributed by atoms with Crippen molar-refractivity contribution < 1.29 is 19.0 Å². The molecule has 0 spiro atoms. The molecule has 0 unspecified atom stereocenters. The standard InChI is InChI=1S/C28H29FN2O4S/c1-7-30-27(33)23-13-21-26(36-23)24(32)17(4)14-31(21)20-12-18(28(5,6)34)8-9-22(20)35-25-15(2)10-19(29)11-16(25)3/h8-14,34H,7H2,1-6H3,(H,30,33). The first kappa shape index (κ1) is 25.6. The molecule has 0 atom stereocenters. The smallest absolute Gasteiger partial charge is 0.261 e. The van der Waals surface area contributed by atoms with Crippen LogP contribution in [0.5, 0.6) is 11.5 Å². The molecule has 2 N–H and O–H groups in total. The summed E-state index contributed by atoms with van der Waals surface area (Å²) in [6.07, 6.45) is 1.71. The first-order valence-corrected chi connectivity index (χ1v) is 12.5. The molecule has 0 fully saturated rings. The second kappa shape index (κ2) is 9.52. The van der Waals surface area contributed by atoms with Crippen molar-refractivity contribution in [2.45, 2.75) is 47.1 Å². The predicted molar refractivity (Wildman–Crippen MR) is 141 cm³/mol. The van der Waals surface area contributed by atoms with Crippen LogP contribution in [0, 0.1) is 26.6 Å². The van der Waals surface area contributed by atoms with Gasteiger partial charge in [-0.3, -0.25) is 9.59 Å². The highest BCUT2D eigenvalue weighted by Crippen LogP contribution is 2.37. The lowest BCUT2D eigenvalue weighted by atomic mass is 9.97. The van der Waals surface area contributed by atoms with Crippen LogP contribution in [0.15, 0.2) is 47.4 Å². The number of hydrogen-bond donors (Lipinski definition) is 2. The van der Waals surface area contributed by atoms with Crippen molar-refractivity contribution >= 4 is 27.5 Å². The van der Waals surface area contributed by atoms with Crippen LogP contribution in [0.2, 0.25) is 0 Å². The number of aryl methyl sites for hydroxylation is 3. The SMILES string of the molecule is CCNC(=O)c1cc2c(s1)c(=O)c(C)cn2-c1cc(C(C)(C)O)ccc1Oc1c(C)cc(F)cc1C. The molecule has 0 aliphatic heterocycles. The zero-order valence-corrected chi connectivity index (χ0v) is 22.0. The highest BCUT2D eigenvalue weighted by atomic mass is 32.1. The van der Waals surface area contributed by atoms with Crippen molar-refractivity contribution in [2.24, 2.45) is 0 Å². The number of carbonyl (C=O) groups is 1. The van der Waals surface area contributed by atoms with Crippen LogP contribution >= 0.6 is 11.3 Å². The summed E-state index contributed by atoms with van der Waals surface area (Å²) in [5.74, 6) is 0.386. The van der Waals surface area contributed by atoms with Gasteiger partial charge in [0.05, 0.1) is 26.4 Å². The van der Waals surface area contributed by atoms with Crippen molar-refractivity contribution in [1.29, 1.82) is 0 Å². The fourth-order valence-electron chi connectivity index (χ4n) is 4.12. The molecule has 2 heterocycles. The van der Waals surface area contributed by atoms with Gasteiger partial charge in [-0.15, -0.1) is 11.3 Å². The molecule has 2 aromatic heterocycles. The third kappa shape index (κ3) is 4.79. The van der Waals surface area contributed by atoms with Crippen LogP contribution in [0.25, 0.3) is 15.9 Å². The zero-order chi connectivity index (χ0) is 26.4. The van der Waals surface area contributed by atoms with Crippen LogP contribution in [0.3, 0.4) is 0 Å². The Morgan fingerprint density at radius 3 is 2.39 bits per heavy atom. The molecule has 1 amide bonds. The maximum Gasteiger partial charge on any atom is 0.261 e. The number of hydrogen-bond acceptors (Lipinski definition) is 5. The number of thiophene rings is 1. The van der Waals surface area contributed by atoms with E-state index >= 15 is 0 Å². The number of ether oxygens (including phenoxy) is 1. The summed E-state index contributed by atoms with van der Waals surface area (Å²) in [7, 11) is 0. The monoisotopic (exact) mass is 508 g/mol. The number of nitrogens with one attached hydrogen (secondary N) is 1. The molecule has 0 aliphatic carbocycles. The van der Waals surface area contributed by atoms with Gasteiger partial charge in [-0.2, -0.15) is 0 Å². The van der Waals surface area contributed by atoms with E-state index in [1.165, 1.54) is 12.1 Å². The van der Waals surface area contributed by atoms with Gasteiger partial charge >= 0.3 is 0 Å². The second-order valence-electron chi connectivity index (χ2n) is 9.41. The Morgan fingerprint density at radius 2 is 1.78 bits per heavy atom. The maximum atomic E-state index is 13.9. The van der Waals surface area contributed by atoms with Gasteiger partial charge in [0, 0.05) is 18.3 Å². The first-order valence-electron chi connectivity index (χ1n) is 11.7. The Balaban J connectivity index is 2.00. The van der Waals surface area contributed by atoms with Crippen molar-refractivity contribution in [3.8, 4) is 17.2 Å². The van der Waals surface area contributed by atoms with Gasteiger partial charge in [-0.05, 0) is 88.6 Å². The van der Waals surface area contributed by atoms with Gasteiger partial charge in [-0.1, -0.05) is 6.07 Å². The van der Waals surface area contributed by atoms with E-state index < -0.39 is 5.60 Å². The minimum absolute atomic E-state index is 0.145. The van der Waals surface area contributed by atoms with Crippen molar-refractivity contribution in [2.75, 3.05) is 6.54 Å². The van der Waals surface area contributed by atoms with E-state index in [-0.39, 0.29) is 17.2 Å². The summed E-state index contributed by atoms with van der Waals surface area (Å²) >= 11 is 1.14. The largest absolute Gasteiger partial charge is 0.455 e. The Labute approximate surface area is 213 Å². The number of nitrogens with zero attached hydrogens (tertiary/aromatic N) is 1. The highest BCUT2D eigenvalue weighted by Gasteiger charge is 2.22. The topological polar surface area (TPSA) is 80.6 Å². The molecular formula is C28H29FN2O4S. The number of fused-ring (bicyclic) bond motifs is 1. The highest BCUT2D eigenvalue weighted by molar-refractivity contribution is 7.20. The van der Waals surface area contributed by atoms with E-state index in [1.54, 1.807) is 65.1 Å². The molecule has 36 heavy (non-hydrogen) atoms. The minimum Gasteiger partial charge on any atom is -0.455 e. The molecule has 0 saturated carbocycles. The normalized spacial score (nSPS) is 11.7. The summed E-state index contributed by atoms with van der Waals surface area (Å²) in [4.78, 5) is 26.0. The number of amides is 1. The molecule has 0 saturated heterocycles. The fourth-order valence-corrected chi connectivity index (χ4v) is 5.19. The van der Waals surface area contributed by atoms with Gasteiger partial charge in [0.25, 0.3) is 5.91 Å². The van der Waals surface area contributed by atoms with Crippen LogP contribution in [0.1, 0.15) is 52.7 Å². The zero-order valence-electron chi connectivity index (χ0n) is 21.2. The Hall–Kier alpha value is -3.49. The molecule has 4 rings (SSSR count). The number of pyridine rings is 1. The Morgan fingerprint density at radius 1 is 1.11 bits per heavy atom. The van der Waals surface area contributed by atoms with Crippen LogP contribution in [0.4, 0.5) is 4.39 Å². The molecule has 0 bridgehead atoms. The first-order chi connectivity index (χ1) is 16.9. The van der Waals surface area contributed by atoms with Crippen LogP contribution in [-0.2, 0) is 5.60 Å². The summed E-state index contributed by atoms with van der Waals surface area (Å²) in [6.45, 7) is 10.9. The molecule has 0 radical (unpaired) electrons. The van der Waals surface area contributed by atoms with Crippen molar-refractivity contribution in [3.05, 3.63) is 85.8 Å². The average molecular weight is 509 g/mol. The van der Waals surface area contributed by atoms with Gasteiger partial charge in [0.2, 0.25) is 5.43 Å².